The summed E-state index contributed by atoms with van der Waals surface area (Å²) in [7, 11) is 0. The van der Waals surface area contributed by atoms with Crippen molar-refractivity contribution in [2.24, 2.45) is 11.7 Å². The minimum atomic E-state index is -0.773. The number of amides is 1. The highest BCUT2D eigenvalue weighted by atomic mass is 32.2. The van der Waals surface area contributed by atoms with Crippen LogP contribution in [0.4, 0.5) is 4.79 Å². The van der Waals surface area contributed by atoms with Gasteiger partial charge in [-0.1, -0.05) is 18.2 Å². The lowest BCUT2D eigenvalue weighted by Crippen LogP contribution is -2.34. The van der Waals surface area contributed by atoms with E-state index in [-0.39, 0.29) is 12.0 Å². The van der Waals surface area contributed by atoms with Crippen LogP contribution in [-0.4, -0.2) is 23.1 Å². The van der Waals surface area contributed by atoms with Crippen molar-refractivity contribution in [3.8, 4) is 6.07 Å². The number of ether oxygens (including phenoxy) is 1. The van der Waals surface area contributed by atoms with Crippen molar-refractivity contribution in [3.05, 3.63) is 46.6 Å². The maximum atomic E-state index is 11.1. The van der Waals surface area contributed by atoms with Gasteiger partial charge in [0.25, 0.3) is 0 Å². The zero-order valence-corrected chi connectivity index (χ0v) is 15.9. The van der Waals surface area contributed by atoms with Crippen LogP contribution in [0.25, 0.3) is 10.9 Å². The van der Waals surface area contributed by atoms with Crippen LogP contribution in [0.15, 0.2) is 35.4 Å². The number of nitrogens with zero attached hydrogens (tertiary/aromatic N) is 1. The van der Waals surface area contributed by atoms with Crippen LogP contribution < -0.4 is 11.1 Å². The van der Waals surface area contributed by atoms with Crippen molar-refractivity contribution in [3.63, 3.8) is 0 Å². The molecule has 27 heavy (non-hydrogen) atoms. The van der Waals surface area contributed by atoms with E-state index in [9.17, 15) is 10.1 Å². The second-order valence-corrected chi connectivity index (χ2v) is 8.37. The number of carbonyl (C=O) groups excluding carboxylic acids is 1. The Labute approximate surface area is 162 Å². The van der Waals surface area contributed by atoms with Crippen molar-refractivity contribution in [2.45, 2.75) is 37.7 Å². The van der Waals surface area contributed by atoms with Crippen molar-refractivity contribution in [1.82, 2.24) is 10.3 Å². The normalized spacial score (nSPS) is 24.7. The zero-order chi connectivity index (χ0) is 19.0. The minimum absolute atomic E-state index is 0.0461. The van der Waals surface area contributed by atoms with Gasteiger partial charge in [-0.05, 0) is 31.7 Å². The van der Waals surface area contributed by atoms with E-state index in [0.717, 1.165) is 34.5 Å². The number of rotatable bonds is 5. The third kappa shape index (κ3) is 3.04. The summed E-state index contributed by atoms with van der Waals surface area (Å²) in [5, 5.41) is 14.7. The van der Waals surface area contributed by atoms with Crippen molar-refractivity contribution < 1.29 is 9.53 Å². The smallest absolute Gasteiger partial charge is 0.404 e. The zero-order valence-electron chi connectivity index (χ0n) is 15.1. The molecule has 0 bridgehead atoms. The van der Waals surface area contributed by atoms with E-state index in [1.165, 1.54) is 4.91 Å². The van der Waals surface area contributed by atoms with Crippen LogP contribution in [0.1, 0.15) is 31.0 Å². The van der Waals surface area contributed by atoms with Crippen LogP contribution >= 0.6 is 11.8 Å². The first-order valence-corrected chi connectivity index (χ1v) is 10.0. The molecule has 1 aromatic heterocycles. The molecule has 2 aliphatic rings. The van der Waals surface area contributed by atoms with Crippen molar-refractivity contribution >= 4 is 28.8 Å². The Kier molecular flexibility index (Phi) is 4.52. The molecule has 1 unspecified atom stereocenters. The number of benzene rings is 1. The quantitative estimate of drug-likeness (QED) is 0.734. The molecule has 7 heteroatoms. The first-order chi connectivity index (χ1) is 13.0. The Morgan fingerprint density at radius 3 is 3.04 bits per heavy atom. The maximum Gasteiger partial charge on any atom is 0.404 e. The van der Waals surface area contributed by atoms with Gasteiger partial charge in [0, 0.05) is 39.7 Å². The van der Waals surface area contributed by atoms with Gasteiger partial charge in [0.05, 0.1) is 17.4 Å². The van der Waals surface area contributed by atoms with E-state index in [1.54, 1.807) is 11.8 Å². The lowest BCUT2D eigenvalue weighted by molar-refractivity contribution is 0.0944. The van der Waals surface area contributed by atoms with Gasteiger partial charge in [0.2, 0.25) is 0 Å². The van der Waals surface area contributed by atoms with Gasteiger partial charge >= 0.3 is 6.09 Å². The Bertz CT molecular complexity index is 961. The molecule has 4 N–H and O–H groups in total. The molecular weight excluding hydrogens is 360 g/mol. The number of para-hydroxylation sites is 1. The number of aromatic nitrogens is 1. The highest BCUT2D eigenvalue weighted by molar-refractivity contribution is 8.03. The number of hydrogen-bond acceptors (Lipinski definition) is 5. The Hall–Kier alpha value is -2.59. The predicted octanol–water partition coefficient (Wildman–Crippen LogP) is 3.50. The average Bonchev–Trinajstić information content (AvgIpc) is 3.31. The number of H-pyrrole nitrogens is 1. The molecule has 2 aromatic rings. The minimum Gasteiger partial charge on any atom is -0.447 e. The second-order valence-electron chi connectivity index (χ2n) is 7.27. The number of nitrogens with one attached hydrogen (secondary N) is 2. The molecule has 0 radical (unpaired) electrons. The number of allylic oxidation sites excluding steroid dienone is 1. The fourth-order valence-corrected chi connectivity index (χ4v) is 5.39. The summed E-state index contributed by atoms with van der Waals surface area (Å²) in [6.45, 7) is 1.84. The second kappa shape index (κ2) is 6.86. The average molecular weight is 382 g/mol. The van der Waals surface area contributed by atoms with E-state index in [4.69, 9.17) is 10.5 Å². The van der Waals surface area contributed by atoms with E-state index in [0.29, 0.717) is 12.8 Å². The Morgan fingerprint density at radius 1 is 1.52 bits per heavy atom. The van der Waals surface area contributed by atoms with Gasteiger partial charge in [-0.15, -0.1) is 11.8 Å². The van der Waals surface area contributed by atoms with Crippen molar-refractivity contribution in [2.75, 3.05) is 5.88 Å². The van der Waals surface area contributed by atoms with Gasteiger partial charge in [0.15, 0.2) is 0 Å². The molecule has 0 spiro atoms. The van der Waals surface area contributed by atoms with E-state index < -0.39 is 11.5 Å². The molecular formula is C20H22N4O2S. The molecule has 0 saturated heterocycles. The van der Waals surface area contributed by atoms with Crippen LogP contribution in [0.5, 0.6) is 0 Å². The Balaban J connectivity index is 1.77. The van der Waals surface area contributed by atoms with Crippen LogP contribution in [-0.2, 0) is 16.6 Å². The van der Waals surface area contributed by atoms with Crippen molar-refractivity contribution in [1.29, 1.82) is 5.26 Å². The molecule has 1 aliphatic heterocycles. The van der Waals surface area contributed by atoms with Gasteiger partial charge in [0.1, 0.15) is 6.10 Å². The third-order valence-electron chi connectivity index (χ3n) is 5.57. The van der Waals surface area contributed by atoms with Crippen LogP contribution in [0.2, 0.25) is 0 Å². The molecule has 0 saturated carbocycles. The highest BCUT2D eigenvalue weighted by Crippen LogP contribution is 2.52. The van der Waals surface area contributed by atoms with Gasteiger partial charge < -0.3 is 20.8 Å². The summed E-state index contributed by atoms with van der Waals surface area (Å²) in [5.41, 5.74) is 7.81. The summed E-state index contributed by atoms with van der Waals surface area (Å²) in [6.07, 6.45) is 2.92. The fraction of sp³-hybridized carbons (Fsp3) is 0.400. The largest absolute Gasteiger partial charge is 0.447 e. The van der Waals surface area contributed by atoms with E-state index in [2.05, 4.69) is 28.5 Å². The summed E-state index contributed by atoms with van der Waals surface area (Å²) >= 11 is 1.74. The number of nitriles is 1. The molecule has 0 fully saturated rings. The summed E-state index contributed by atoms with van der Waals surface area (Å²) < 4.78 is 5.17. The first-order valence-electron chi connectivity index (χ1n) is 9.06. The number of primary amides is 1. The molecule has 1 amide bonds. The summed E-state index contributed by atoms with van der Waals surface area (Å²) in [5.74, 6) is 0.883. The van der Waals surface area contributed by atoms with E-state index >= 15 is 0 Å². The number of aromatic amines is 1. The number of hydrogen-bond donors (Lipinski definition) is 3. The molecule has 4 rings (SSSR count). The van der Waals surface area contributed by atoms with E-state index in [1.807, 2.05) is 25.3 Å². The number of carbonyl (C=O) groups is 1. The molecule has 140 valence electrons. The third-order valence-corrected chi connectivity index (χ3v) is 6.51. The van der Waals surface area contributed by atoms with Gasteiger partial charge in [-0.25, -0.2) is 4.79 Å². The number of nitrogens with two attached hydrogens (primary N) is 1. The molecule has 2 heterocycles. The monoisotopic (exact) mass is 382 g/mol. The first kappa shape index (κ1) is 17.8. The lowest BCUT2D eigenvalue weighted by Gasteiger charge is -2.31. The standard InChI is InChI=1S/C20H22N4O2S/c1-12(26-19(22)25)6-13-7-17-18(15-4-2-3-5-16(15)24-17)20(13,10-21)8-14-9-23-11-27-14/h2-5,9,12-13,23-24H,6-8,11H2,1H3,(H2,22,25)/t12?,13-,20+/m1/s1. The summed E-state index contributed by atoms with van der Waals surface area (Å²) in [4.78, 5) is 15.8. The molecule has 1 aromatic carbocycles. The Morgan fingerprint density at radius 2 is 2.33 bits per heavy atom. The lowest BCUT2D eigenvalue weighted by atomic mass is 9.70. The molecule has 3 atom stereocenters. The fourth-order valence-electron chi connectivity index (χ4n) is 4.54. The molecule has 6 nitrogen and oxygen atoms in total. The SMILES string of the molecule is CC(C[C@@H]1Cc2[nH]c3ccccc3c2[C@]1(C#N)CC1=CNCS1)OC(N)=O. The molecule has 1 aliphatic carbocycles. The van der Waals surface area contributed by atoms with Gasteiger partial charge in [-0.3, -0.25) is 0 Å². The topological polar surface area (TPSA) is 104 Å². The number of fused-ring (bicyclic) bond motifs is 3. The van der Waals surface area contributed by atoms with Gasteiger partial charge in [-0.2, -0.15) is 5.26 Å². The predicted molar refractivity (Wildman–Crippen MR) is 106 cm³/mol. The van der Waals surface area contributed by atoms with Crippen LogP contribution in [0.3, 0.4) is 0 Å². The van der Waals surface area contributed by atoms with Crippen LogP contribution in [0, 0.1) is 17.2 Å². The number of thioether (sulfide) groups is 1. The highest BCUT2D eigenvalue weighted by Gasteiger charge is 2.50. The maximum absolute atomic E-state index is 11.1. The summed E-state index contributed by atoms with van der Waals surface area (Å²) in [6, 6.07) is 10.8.